The van der Waals surface area contributed by atoms with Crippen LogP contribution in [0.3, 0.4) is 0 Å². The van der Waals surface area contributed by atoms with Crippen LogP contribution < -0.4 is 5.32 Å². The van der Waals surface area contributed by atoms with Gasteiger partial charge in [0.05, 0.1) is 46.0 Å². The molecule has 12 atom stereocenters. The molecule has 0 saturated carbocycles. The maximum atomic E-state index is 14.9. The lowest BCUT2D eigenvalue weighted by Crippen LogP contribution is -2.69. The number of esters is 6. The fourth-order valence-corrected chi connectivity index (χ4v) is 11.8. The third-order valence-corrected chi connectivity index (χ3v) is 17.6. The molecule has 2 aliphatic rings. The van der Waals surface area contributed by atoms with Gasteiger partial charge < -0.3 is 57.8 Å². The van der Waals surface area contributed by atoms with Crippen LogP contribution >= 0.6 is 34.8 Å². The van der Waals surface area contributed by atoms with E-state index in [9.17, 15) is 44.2 Å². The van der Waals surface area contributed by atoms with Gasteiger partial charge in [-0.2, -0.15) is 0 Å². The van der Waals surface area contributed by atoms with Gasteiger partial charge in [-0.1, -0.05) is 246 Å². The third kappa shape index (κ3) is 24.7. The van der Waals surface area contributed by atoms with Crippen molar-refractivity contribution in [2.75, 3.05) is 19.8 Å². The zero-order chi connectivity index (χ0) is 71.8. The number of nitrogens with zero attached hydrogens (tertiary/aromatic N) is 3. The van der Waals surface area contributed by atoms with E-state index >= 15 is 0 Å². The summed E-state index contributed by atoms with van der Waals surface area (Å²) in [5.41, 5.74) is 10.7. The van der Waals surface area contributed by atoms with Crippen molar-refractivity contribution in [1.29, 1.82) is 0 Å². The molecule has 2 aliphatic heterocycles. The first-order chi connectivity index (χ1) is 49.0. The molecule has 1 amide bonds. The van der Waals surface area contributed by atoms with Crippen molar-refractivity contribution >= 4 is 76.5 Å². The molecule has 0 aliphatic carbocycles. The number of unbranched alkanes of at least 4 members (excludes halogenated alkanes) is 14. The molecule has 8 rings (SSSR count). The van der Waals surface area contributed by atoms with E-state index in [0.29, 0.717) is 6.42 Å². The summed E-state index contributed by atoms with van der Waals surface area (Å²) in [6.45, 7) is -0.00999. The lowest BCUT2D eigenvalue weighted by molar-refractivity contribution is -0.354. The number of carbonyl (C=O) groups excluding carboxylic acids is 7. The molecule has 6 aromatic rings. The van der Waals surface area contributed by atoms with E-state index in [0.717, 1.165) is 38.5 Å². The van der Waals surface area contributed by atoms with Crippen LogP contribution in [0.25, 0.3) is 10.4 Å². The molecule has 2 N–H and O–H groups in total. The SMILES string of the molecule is CCCCCCCCCCCCCCCCC[C@@H](OC(=O)c1ccccc1)[C@H](CO[C@H]1O[C@H](COC(=O)c2ccccc2)[C@@H](OC(=O)c2ccccc2)[C@H](OC(=O)c2ccccc2)[C@@H]1O[C@H]1O[C@H](COC(=O)c2ccccc2)[C@@H](OC(=O)c2ccccc2)[C@H](O)[C@@H]1NC(=O)C(Cl)(Cl)Cl)N=[N+]=[N-]. The number of aliphatic hydroxyl groups is 1. The summed E-state index contributed by atoms with van der Waals surface area (Å²) in [5, 5.41) is 19.3. The minimum Gasteiger partial charge on any atom is -0.459 e. The highest BCUT2D eigenvalue weighted by atomic mass is 35.6. The highest BCUT2D eigenvalue weighted by molar-refractivity contribution is 6.76. The van der Waals surface area contributed by atoms with Crippen molar-refractivity contribution in [2.24, 2.45) is 5.11 Å². The first-order valence-electron chi connectivity index (χ1n) is 34.2. The summed E-state index contributed by atoms with van der Waals surface area (Å²) < 4.78 is 60.9. The molecule has 25 heteroatoms. The Morgan fingerprint density at radius 3 is 1.25 bits per heavy atom. The second kappa shape index (κ2) is 41.5. The summed E-state index contributed by atoms with van der Waals surface area (Å²) in [6.07, 6.45) is -2.04. The Balaban J connectivity index is 1.19. The predicted octanol–water partition coefficient (Wildman–Crippen LogP) is 14.6. The Morgan fingerprint density at radius 1 is 0.485 bits per heavy atom. The van der Waals surface area contributed by atoms with Crippen molar-refractivity contribution in [3.63, 3.8) is 0 Å². The summed E-state index contributed by atoms with van der Waals surface area (Å²) in [7, 11) is 0. The topological polar surface area (TPSA) is 293 Å². The fraction of sp³-hybridized carbons (Fsp3) is 0.434. The number of alkyl halides is 3. The lowest BCUT2D eigenvalue weighted by atomic mass is 9.95. The van der Waals surface area contributed by atoms with Crippen molar-refractivity contribution in [2.45, 2.75) is 187 Å². The van der Waals surface area contributed by atoms with E-state index in [1.54, 1.807) is 121 Å². The average molecular weight is 1450 g/mol. The number of ether oxygens (including phenoxy) is 10. The van der Waals surface area contributed by atoms with Gasteiger partial charge in [-0.05, 0) is 91.2 Å². The Bertz CT molecular complexity index is 3580. The first-order valence-corrected chi connectivity index (χ1v) is 35.3. The molecular weight excluding hydrogens is 1360 g/mol. The Labute approximate surface area is 602 Å². The van der Waals surface area contributed by atoms with Gasteiger partial charge in [-0.25, -0.2) is 28.8 Å². The Hall–Kier alpha value is -8.41. The van der Waals surface area contributed by atoms with E-state index in [1.807, 2.05) is 0 Å². The second-order valence-electron chi connectivity index (χ2n) is 24.5. The van der Waals surface area contributed by atoms with Crippen LogP contribution in [0.5, 0.6) is 0 Å². The van der Waals surface area contributed by atoms with Crippen molar-refractivity contribution in [3.05, 3.63) is 226 Å². The number of hydrogen-bond donors (Lipinski definition) is 2. The highest BCUT2D eigenvalue weighted by Gasteiger charge is 2.57. The summed E-state index contributed by atoms with van der Waals surface area (Å²) >= 11 is 18.6. The van der Waals surface area contributed by atoms with Crippen LogP contribution in [0, 0.1) is 0 Å². The molecule has 0 bridgehead atoms. The maximum Gasteiger partial charge on any atom is 0.338 e. The molecule has 0 radical (unpaired) electrons. The molecule has 0 spiro atoms. The fourth-order valence-electron chi connectivity index (χ4n) is 11.7. The van der Waals surface area contributed by atoms with E-state index in [-0.39, 0.29) is 39.8 Å². The number of rotatable bonds is 38. The van der Waals surface area contributed by atoms with Gasteiger partial charge in [0, 0.05) is 4.91 Å². The normalized spacial score (nSPS) is 20.9. The van der Waals surface area contributed by atoms with E-state index in [2.05, 4.69) is 22.3 Å². The quantitative estimate of drug-likeness (QED) is 0.00692. The molecule has 2 heterocycles. The van der Waals surface area contributed by atoms with E-state index in [1.165, 1.54) is 112 Å². The van der Waals surface area contributed by atoms with E-state index < -0.39 is 139 Å². The van der Waals surface area contributed by atoms with Gasteiger partial charge >= 0.3 is 35.8 Å². The largest absolute Gasteiger partial charge is 0.459 e. The third-order valence-electron chi connectivity index (χ3n) is 17.1. The smallest absolute Gasteiger partial charge is 0.338 e. The average Bonchev–Trinajstić information content (AvgIpc) is 0.765. The number of halogens is 3. The van der Waals surface area contributed by atoms with Crippen molar-refractivity contribution < 1.29 is 86.0 Å². The Kier molecular flexibility index (Phi) is 32.2. The summed E-state index contributed by atoms with van der Waals surface area (Å²) in [6, 6.07) is 43.4. The molecule has 2 fully saturated rings. The number of aliphatic hydroxyl groups excluding tert-OH is 1. The molecule has 22 nitrogen and oxygen atoms in total. The van der Waals surface area contributed by atoms with Crippen LogP contribution in [0.15, 0.2) is 187 Å². The van der Waals surface area contributed by atoms with Crippen LogP contribution in [-0.4, -0.2) is 144 Å². The number of hydrogen-bond acceptors (Lipinski definition) is 19. The number of benzene rings is 6. The molecule has 2 saturated heterocycles. The predicted molar refractivity (Wildman–Crippen MR) is 375 cm³/mol. The minimum atomic E-state index is -2.76. The molecule has 0 aromatic heterocycles. The van der Waals surface area contributed by atoms with Crippen molar-refractivity contribution in [3.8, 4) is 0 Å². The number of carbonyl (C=O) groups is 7. The van der Waals surface area contributed by atoms with Gasteiger partial charge in [0.25, 0.3) is 9.70 Å². The molecule has 538 valence electrons. The zero-order valence-corrected chi connectivity index (χ0v) is 58.3. The van der Waals surface area contributed by atoms with Crippen LogP contribution in [0.2, 0.25) is 0 Å². The van der Waals surface area contributed by atoms with Gasteiger partial charge in [0.2, 0.25) is 0 Å². The van der Waals surface area contributed by atoms with Crippen LogP contribution in [-0.2, 0) is 52.2 Å². The van der Waals surface area contributed by atoms with Gasteiger partial charge in [-0.3, -0.25) is 4.79 Å². The monoisotopic (exact) mass is 1450 g/mol. The number of nitrogens with one attached hydrogen (secondary N) is 1. The maximum absolute atomic E-state index is 14.9. The molecule has 6 aromatic carbocycles. The Morgan fingerprint density at radius 2 is 0.842 bits per heavy atom. The standard InChI is InChI=1S/C76H85Cl3N4O18/c1-2-3-4-5-6-7-8-9-10-11-12-13-14-15-34-47-58(95-69(87)53-39-26-18-27-40-53)57(82-83-80)48-94-74-66(65(100-72(90)56-45-32-21-33-46-56)64(99-71(89)55-43-30-20-31-44-55)60(97-74)50-93-68(86)52-37-24-17-25-38-52)101-73-61(81-75(91)76(77,78)79)62(84)63(98-70(88)54-41-28-19-29-42-54)59(96-73)49-92-67(85)51-35-22-16-23-36-51/h16-33,35-46,57-66,73-74,84H,2-15,34,47-50H2,1H3,(H,81,91)/t57-,58+,59+,60+,61-,62+,63+,64+,65-,66-,73+,74-/m0/s1. The molecule has 0 unspecified atom stereocenters. The minimum absolute atomic E-state index is 0.00362. The number of amides is 1. The van der Waals surface area contributed by atoms with Crippen molar-refractivity contribution in [1.82, 2.24) is 5.32 Å². The first kappa shape index (κ1) is 78.3. The second-order valence-corrected chi connectivity index (χ2v) is 26.7. The van der Waals surface area contributed by atoms with Crippen LogP contribution in [0.4, 0.5) is 0 Å². The van der Waals surface area contributed by atoms with Gasteiger partial charge in [-0.15, -0.1) is 0 Å². The lowest BCUT2D eigenvalue weighted by Gasteiger charge is -2.49. The molecular formula is C76H85Cl3N4O18. The summed E-state index contributed by atoms with van der Waals surface area (Å²) in [4.78, 5) is 102. The van der Waals surface area contributed by atoms with E-state index in [4.69, 9.17) is 82.2 Å². The molecule has 101 heavy (non-hydrogen) atoms. The highest BCUT2D eigenvalue weighted by Crippen LogP contribution is 2.37. The van der Waals surface area contributed by atoms with Gasteiger partial charge in [0.1, 0.15) is 43.7 Å². The van der Waals surface area contributed by atoms with Crippen LogP contribution in [0.1, 0.15) is 172 Å². The zero-order valence-electron chi connectivity index (χ0n) is 56.0. The summed E-state index contributed by atoms with van der Waals surface area (Å²) in [5.74, 6) is -6.93. The number of azide groups is 1. The van der Waals surface area contributed by atoms with Gasteiger partial charge in [0.15, 0.2) is 37.0 Å².